The van der Waals surface area contributed by atoms with Crippen molar-refractivity contribution in [1.29, 1.82) is 0 Å². The molecule has 1 fully saturated rings. The zero-order chi connectivity index (χ0) is 15.7. The molecule has 1 rings (SSSR count). The molecule has 116 valence electrons. The lowest BCUT2D eigenvalue weighted by Gasteiger charge is -2.31. The number of nitrogens with zero attached hydrogens (tertiary/aromatic N) is 1. The average Bonchev–Trinajstić information content (AvgIpc) is 2.69. The number of rotatable bonds is 3. The van der Waals surface area contributed by atoms with Crippen LogP contribution in [-0.2, 0) is 9.53 Å². The fourth-order valence-corrected chi connectivity index (χ4v) is 2.75. The summed E-state index contributed by atoms with van der Waals surface area (Å²) in [6.45, 7) is 14.2. The van der Waals surface area contributed by atoms with Gasteiger partial charge in [0.25, 0.3) is 0 Å². The smallest absolute Gasteiger partial charge is 0.410 e. The van der Waals surface area contributed by atoms with Gasteiger partial charge in [0, 0.05) is 12.5 Å². The molecule has 1 heterocycles. The summed E-state index contributed by atoms with van der Waals surface area (Å²) in [6, 6.07) is -0.329. The van der Waals surface area contributed by atoms with Crippen LogP contribution in [0.2, 0.25) is 0 Å². The van der Waals surface area contributed by atoms with Crippen molar-refractivity contribution in [2.24, 2.45) is 17.8 Å². The van der Waals surface area contributed by atoms with E-state index in [0.717, 1.165) is 6.42 Å². The molecule has 4 nitrogen and oxygen atoms in total. The van der Waals surface area contributed by atoms with Crippen molar-refractivity contribution in [3.8, 4) is 0 Å². The number of carbonyl (C=O) groups excluding carboxylic acids is 2. The van der Waals surface area contributed by atoms with E-state index >= 15 is 0 Å². The number of amides is 1. The van der Waals surface area contributed by atoms with E-state index in [-0.39, 0.29) is 29.8 Å². The third-order valence-corrected chi connectivity index (χ3v) is 3.79. The monoisotopic (exact) mass is 283 g/mol. The lowest BCUT2D eigenvalue weighted by Crippen LogP contribution is -2.47. The minimum Gasteiger partial charge on any atom is -0.444 e. The minimum absolute atomic E-state index is 0.0655. The molecule has 0 aromatic carbocycles. The third kappa shape index (κ3) is 3.97. The van der Waals surface area contributed by atoms with Crippen LogP contribution >= 0.6 is 0 Å². The standard InChI is InChI=1S/C16H29NO3/c1-10(2)12-8-9-17(13(12)14(18)11(3)4)15(19)20-16(5,6)7/h10-13H,8-9H2,1-7H3/t12-,13+/m0/s1. The summed E-state index contributed by atoms with van der Waals surface area (Å²) >= 11 is 0. The second-order valence-electron chi connectivity index (χ2n) is 7.37. The summed E-state index contributed by atoms with van der Waals surface area (Å²) in [6.07, 6.45) is 0.514. The fraction of sp³-hybridized carbons (Fsp3) is 0.875. The molecular weight excluding hydrogens is 254 g/mol. The molecule has 0 aliphatic carbocycles. The van der Waals surface area contributed by atoms with Gasteiger partial charge in [-0.1, -0.05) is 27.7 Å². The Morgan fingerprint density at radius 3 is 2.10 bits per heavy atom. The van der Waals surface area contributed by atoms with Crippen molar-refractivity contribution in [3.63, 3.8) is 0 Å². The molecule has 0 N–H and O–H groups in total. The molecule has 1 aliphatic heterocycles. The molecule has 0 radical (unpaired) electrons. The maximum Gasteiger partial charge on any atom is 0.410 e. The molecule has 0 bridgehead atoms. The molecule has 20 heavy (non-hydrogen) atoms. The Balaban J connectivity index is 2.94. The van der Waals surface area contributed by atoms with Crippen molar-refractivity contribution in [3.05, 3.63) is 0 Å². The fourth-order valence-electron chi connectivity index (χ4n) is 2.75. The number of hydrogen-bond donors (Lipinski definition) is 0. The number of hydrogen-bond acceptors (Lipinski definition) is 3. The zero-order valence-electron chi connectivity index (χ0n) is 13.9. The molecule has 4 heteroatoms. The van der Waals surface area contributed by atoms with Crippen LogP contribution in [0.25, 0.3) is 0 Å². The van der Waals surface area contributed by atoms with Crippen LogP contribution < -0.4 is 0 Å². The first-order valence-corrected chi connectivity index (χ1v) is 7.58. The average molecular weight is 283 g/mol. The van der Waals surface area contributed by atoms with Crippen molar-refractivity contribution in [2.75, 3.05) is 6.54 Å². The lowest BCUT2D eigenvalue weighted by molar-refractivity contribution is -0.127. The predicted octanol–water partition coefficient (Wildman–Crippen LogP) is 3.49. The van der Waals surface area contributed by atoms with Crippen molar-refractivity contribution >= 4 is 11.9 Å². The largest absolute Gasteiger partial charge is 0.444 e. The van der Waals surface area contributed by atoms with E-state index in [9.17, 15) is 9.59 Å². The zero-order valence-corrected chi connectivity index (χ0v) is 13.9. The molecule has 2 atom stereocenters. The van der Waals surface area contributed by atoms with Crippen LogP contribution in [0.3, 0.4) is 0 Å². The van der Waals surface area contributed by atoms with Gasteiger partial charge in [0.05, 0.1) is 6.04 Å². The van der Waals surface area contributed by atoms with Crippen LogP contribution in [0.1, 0.15) is 54.9 Å². The van der Waals surface area contributed by atoms with E-state index in [0.29, 0.717) is 12.5 Å². The molecule has 0 aromatic rings. The van der Waals surface area contributed by atoms with E-state index in [4.69, 9.17) is 4.74 Å². The molecule has 0 aromatic heterocycles. The second-order valence-corrected chi connectivity index (χ2v) is 7.37. The van der Waals surface area contributed by atoms with Gasteiger partial charge in [-0.05, 0) is 39.0 Å². The van der Waals surface area contributed by atoms with Gasteiger partial charge >= 0.3 is 6.09 Å². The Morgan fingerprint density at radius 1 is 1.15 bits per heavy atom. The van der Waals surface area contributed by atoms with E-state index in [1.54, 1.807) is 4.90 Å². The van der Waals surface area contributed by atoms with Gasteiger partial charge in [-0.25, -0.2) is 4.79 Å². The highest BCUT2D eigenvalue weighted by molar-refractivity contribution is 5.89. The first-order chi connectivity index (χ1) is 9.04. The van der Waals surface area contributed by atoms with Crippen LogP contribution in [0.15, 0.2) is 0 Å². The predicted molar refractivity (Wildman–Crippen MR) is 79.5 cm³/mol. The quantitative estimate of drug-likeness (QED) is 0.796. The third-order valence-electron chi connectivity index (χ3n) is 3.79. The number of Topliss-reactive ketones (excluding diaryl/α,β-unsaturated/α-hetero) is 1. The summed E-state index contributed by atoms with van der Waals surface area (Å²) in [4.78, 5) is 26.4. The van der Waals surface area contributed by atoms with Gasteiger partial charge in [0.15, 0.2) is 5.78 Å². The van der Waals surface area contributed by atoms with Gasteiger partial charge < -0.3 is 4.74 Å². The molecule has 0 spiro atoms. The Bertz CT molecular complexity index is 368. The summed E-state index contributed by atoms with van der Waals surface area (Å²) < 4.78 is 5.44. The number of ether oxygens (including phenoxy) is 1. The first kappa shape index (κ1) is 17.0. The highest BCUT2D eigenvalue weighted by Gasteiger charge is 2.44. The van der Waals surface area contributed by atoms with Crippen molar-refractivity contribution in [2.45, 2.75) is 66.5 Å². The minimum atomic E-state index is -0.529. The Morgan fingerprint density at radius 2 is 1.70 bits per heavy atom. The Labute approximate surface area is 122 Å². The van der Waals surface area contributed by atoms with E-state index in [1.165, 1.54) is 0 Å². The molecular formula is C16H29NO3. The molecule has 0 saturated carbocycles. The summed E-state index contributed by atoms with van der Waals surface area (Å²) in [5.74, 6) is 0.698. The lowest BCUT2D eigenvalue weighted by atomic mass is 9.84. The Kier molecular flexibility index (Phi) is 5.22. The highest BCUT2D eigenvalue weighted by Crippen LogP contribution is 2.33. The van der Waals surface area contributed by atoms with Gasteiger partial charge in [0.1, 0.15) is 5.60 Å². The second kappa shape index (κ2) is 6.15. The SMILES string of the molecule is CC(C)C(=O)[C@H]1[C@H](C(C)C)CCN1C(=O)OC(C)(C)C. The van der Waals surface area contributed by atoms with Crippen molar-refractivity contribution in [1.82, 2.24) is 4.90 Å². The summed E-state index contributed by atoms with van der Waals surface area (Å²) in [7, 11) is 0. The van der Waals surface area contributed by atoms with E-state index in [2.05, 4.69) is 13.8 Å². The number of carbonyl (C=O) groups is 2. The molecule has 0 unspecified atom stereocenters. The number of ketones is 1. The maximum atomic E-state index is 12.5. The van der Waals surface area contributed by atoms with Crippen LogP contribution in [0.5, 0.6) is 0 Å². The van der Waals surface area contributed by atoms with Gasteiger partial charge in [0.2, 0.25) is 0 Å². The van der Waals surface area contributed by atoms with Crippen molar-refractivity contribution < 1.29 is 14.3 Å². The van der Waals surface area contributed by atoms with E-state index < -0.39 is 5.60 Å². The molecule has 1 aliphatic rings. The first-order valence-electron chi connectivity index (χ1n) is 7.58. The van der Waals surface area contributed by atoms with Crippen LogP contribution in [0, 0.1) is 17.8 Å². The number of likely N-dealkylation sites (tertiary alicyclic amines) is 1. The summed E-state index contributed by atoms with van der Waals surface area (Å²) in [5.41, 5.74) is -0.529. The van der Waals surface area contributed by atoms with Crippen LogP contribution in [-0.4, -0.2) is 35.0 Å². The topological polar surface area (TPSA) is 46.6 Å². The van der Waals surface area contributed by atoms with Gasteiger partial charge in [-0.3, -0.25) is 9.69 Å². The maximum absolute atomic E-state index is 12.5. The van der Waals surface area contributed by atoms with E-state index in [1.807, 2.05) is 34.6 Å². The highest BCUT2D eigenvalue weighted by atomic mass is 16.6. The molecule has 1 saturated heterocycles. The van der Waals surface area contributed by atoms with Gasteiger partial charge in [-0.15, -0.1) is 0 Å². The summed E-state index contributed by atoms with van der Waals surface area (Å²) in [5, 5.41) is 0. The Hall–Kier alpha value is -1.06. The normalized spacial score (nSPS) is 23.6. The van der Waals surface area contributed by atoms with Crippen LogP contribution in [0.4, 0.5) is 4.79 Å². The molecule has 1 amide bonds. The van der Waals surface area contributed by atoms with Gasteiger partial charge in [-0.2, -0.15) is 0 Å².